The number of nitrogens with two attached hydrogens (primary N) is 1. The molecule has 1 heterocycles. The van der Waals surface area contributed by atoms with Crippen LogP contribution in [0.25, 0.3) is 0 Å². The highest BCUT2D eigenvalue weighted by molar-refractivity contribution is 5.59. The summed E-state index contributed by atoms with van der Waals surface area (Å²) in [6.07, 6.45) is 2.19. The summed E-state index contributed by atoms with van der Waals surface area (Å²) in [7, 11) is 1.45. The summed E-state index contributed by atoms with van der Waals surface area (Å²) in [5, 5.41) is 12.1. The lowest BCUT2D eigenvalue weighted by Crippen LogP contribution is -2.09. The van der Waals surface area contributed by atoms with E-state index in [0.29, 0.717) is 17.4 Å². The molecule has 0 aliphatic heterocycles. The van der Waals surface area contributed by atoms with Crippen molar-refractivity contribution in [1.29, 1.82) is 5.26 Å². The van der Waals surface area contributed by atoms with Gasteiger partial charge in [0, 0.05) is 6.04 Å². The quantitative estimate of drug-likeness (QED) is 0.746. The van der Waals surface area contributed by atoms with Crippen molar-refractivity contribution >= 4 is 11.8 Å². The zero-order valence-corrected chi connectivity index (χ0v) is 8.32. The van der Waals surface area contributed by atoms with E-state index in [-0.39, 0.29) is 11.8 Å². The minimum absolute atomic E-state index is 0.106. The van der Waals surface area contributed by atoms with Gasteiger partial charge in [-0.2, -0.15) is 15.2 Å². The topological polar surface area (TPSA) is 96.8 Å². The van der Waals surface area contributed by atoms with Crippen LogP contribution in [-0.2, 0) is 0 Å². The van der Waals surface area contributed by atoms with E-state index in [1.807, 2.05) is 6.07 Å². The first-order valence-corrected chi connectivity index (χ1v) is 4.62. The third kappa shape index (κ3) is 1.91. The molecule has 0 amide bonds. The van der Waals surface area contributed by atoms with Crippen LogP contribution in [0.4, 0.5) is 11.8 Å². The Morgan fingerprint density at radius 1 is 1.53 bits per heavy atom. The lowest BCUT2D eigenvalue weighted by molar-refractivity contribution is 0.396. The number of rotatable bonds is 3. The van der Waals surface area contributed by atoms with Crippen molar-refractivity contribution in [2.45, 2.75) is 18.9 Å². The molecule has 0 radical (unpaired) electrons. The van der Waals surface area contributed by atoms with E-state index in [1.54, 1.807) is 0 Å². The molecule has 1 aliphatic carbocycles. The Morgan fingerprint density at radius 3 is 2.80 bits per heavy atom. The van der Waals surface area contributed by atoms with Crippen molar-refractivity contribution in [3.8, 4) is 11.9 Å². The molecule has 6 heteroatoms. The van der Waals surface area contributed by atoms with Crippen molar-refractivity contribution in [3.63, 3.8) is 0 Å². The van der Waals surface area contributed by atoms with Gasteiger partial charge in [0.1, 0.15) is 6.07 Å². The van der Waals surface area contributed by atoms with Gasteiger partial charge in [-0.05, 0) is 12.8 Å². The van der Waals surface area contributed by atoms with E-state index in [1.165, 1.54) is 7.11 Å². The van der Waals surface area contributed by atoms with Crippen molar-refractivity contribution in [1.82, 2.24) is 9.97 Å². The highest BCUT2D eigenvalue weighted by atomic mass is 16.5. The van der Waals surface area contributed by atoms with Crippen molar-refractivity contribution in [2.24, 2.45) is 0 Å². The fraction of sp³-hybridized carbons (Fsp3) is 0.444. The molecule has 1 saturated carbocycles. The largest absolute Gasteiger partial charge is 0.480 e. The number of hydrogen-bond donors (Lipinski definition) is 2. The van der Waals surface area contributed by atoms with Gasteiger partial charge in [0.25, 0.3) is 0 Å². The molecular formula is C9H11N5O. The summed E-state index contributed by atoms with van der Waals surface area (Å²) in [5.74, 6) is 0.784. The number of anilines is 2. The molecule has 1 fully saturated rings. The third-order valence-electron chi connectivity index (χ3n) is 2.12. The Morgan fingerprint density at radius 2 is 2.27 bits per heavy atom. The Kier molecular flexibility index (Phi) is 2.29. The second-order valence-electron chi connectivity index (χ2n) is 3.35. The number of methoxy groups -OCH3 is 1. The number of nitrogen functional groups attached to an aromatic ring is 1. The number of aromatic nitrogens is 2. The standard InChI is InChI=1S/C9H11N5O/c1-15-8-6(4-10)7(12-5-2-3-5)13-9(11)14-8/h5H,2-3H2,1H3,(H3,11,12,13,14). The molecule has 0 unspecified atom stereocenters. The number of ether oxygens (including phenoxy) is 1. The maximum Gasteiger partial charge on any atom is 0.238 e. The molecule has 0 spiro atoms. The summed E-state index contributed by atoms with van der Waals surface area (Å²) in [4.78, 5) is 7.82. The van der Waals surface area contributed by atoms with Gasteiger partial charge in [-0.3, -0.25) is 0 Å². The summed E-state index contributed by atoms with van der Waals surface area (Å²) in [6, 6.07) is 2.41. The van der Waals surface area contributed by atoms with Crippen molar-refractivity contribution in [3.05, 3.63) is 5.56 Å². The van der Waals surface area contributed by atoms with Gasteiger partial charge < -0.3 is 15.8 Å². The molecule has 1 aliphatic rings. The Hall–Kier alpha value is -2.03. The van der Waals surface area contributed by atoms with Crippen molar-refractivity contribution < 1.29 is 4.74 Å². The SMILES string of the molecule is COc1nc(N)nc(NC2CC2)c1C#N. The maximum atomic E-state index is 8.96. The van der Waals surface area contributed by atoms with Gasteiger partial charge in [0.15, 0.2) is 11.4 Å². The Labute approximate surface area is 87.1 Å². The second-order valence-corrected chi connectivity index (χ2v) is 3.35. The van der Waals surface area contributed by atoms with E-state index in [2.05, 4.69) is 15.3 Å². The minimum Gasteiger partial charge on any atom is -0.480 e. The normalized spacial score (nSPS) is 14.4. The smallest absolute Gasteiger partial charge is 0.238 e. The predicted octanol–water partition coefficient (Wildman–Crippen LogP) is 0.513. The predicted molar refractivity (Wildman–Crippen MR) is 54.4 cm³/mol. The first kappa shape index (κ1) is 9.52. The fourth-order valence-electron chi connectivity index (χ4n) is 1.23. The van der Waals surface area contributed by atoms with Gasteiger partial charge in [-0.15, -0.1) is 0 Å². The minimum atomic E-state index is 0.106. The Balaban J connectivity index is 2.40. The Bertz CT molecular complexity index is 421. The van der Waals surface area contributed by atoms with Crippen LogP contribution in [0, 0.1) is 11.3 Å². The van der Waals surface area contributed by atoms with Crippen LogP contribution in [0.2, 0.25) is 0 Å². The van der Waals surface area contributed by atoms with Gasteiger partial charge in [-0.1, -0.05) is 0 Å². The van der Waals surface area contributed by atoms with E-state index in [9.17, 15) is 0 Å². The van der Waals surface area contributed by atoms with Crippen LogP contribution in [0.5, 0.6) is 5.88 Å². The first-order chi connectivity index (χ1) is 7.24. The van der Waals surface area contributed by atoms with E-state index in [0.717, 1.165) is 12.8 Å². The highest BCUT2D eigenvalue weighted by Gasteiger charge is 2.24. The monoisotopic (exact) mass is 205 g/mol. The molecule has 15 heavy (non-hydrogen) atoms. The summed E-state index contributed by atoms with van der Waals surface area (Å²) in [6.45, 7) is 0. The molecule has 2 rings (SSSR count). The molecule has 1 aromatic rings. The zero-order valence-electron chi connectivity index (χ0n) is 8.32. The lowest BCUT2D eigenvalue weighted by Gasteiger charge is -2.08. The average Bonchev–Trinajstić information content (AvgIpc) is 3.01. The van der Waals surface area contributed by atoms with E-state index in [4.69, 9.17) is 15.7 Å². The van der Waals surface area contributed by atoms with Crippen molar-refractivity contribution in [2.75, 3.05) is 18.2 Å². The lowest BCUT2D eigenvalue weighted by atomic mass is 10.3. The van der Waals surface area contributed by atoms with Crippen LogP contribution >= 0.6 is 0 Å². The second kappa shape index (κ2) is 3.61. The molecule has 3 N–H and O–H groups in total. The van der Waals surface area contributed by atoms with Gasteiger partial charge in [-0.25, -0.2) is 0 Å². The highest BCUT2D eigenvalue weighted by Crippen LogP contribution is 2.28. The van der Waals surface area contributed by atoms with E-state index >= 15 is 0 Å². The maximum absolute atomic E-state index is 8.96. The molecule has 0 saturated heterocycles. The van der Waals surface area contributed by atoms with Crippen LogP contribution < -0.4 is 15.8 Å². The van der Waals surface area contributed by atoms with Crippen LogP contribution in [0.3, 0.4) is 0 Å². The molecular weight excluding hydrogens is 194 g/mol. The van der Waals surface area contributed by atoms with Gasteiger partial charge >= 0.3 is 0 Å². The summed E-state index contributed by atoms with van der Waals surface area (Å²) >= 11 is 0. The number of nitrogens with one attached hydrogen (secondary N) is 1. The van der Waals surface area contributed by atoms with Gasteiger partial charge in [0.05, 0.1) is 7.11 Å². The molecule has 0 atom stereocenters. The number of nitrogens with zero attached hydrogens (tertiary/aromatic N) is 3. The van der Waals surface area contributed by atoms with Gasteiger partial charge in [0.2, 0.25) is 11.8 Å². The number of hydrogen-bond acceptors (Lipinski definition) is 6. The molecule has 0 aromatic carbocycles. The first-order valence-electron chi connectivity index (χ1n) is 4.62. The van der Waals surface area contributed by atoms with Crippen LogP contribution in [0.15, 0.2) is 0 Å². The third-order valence-corrected chi connectivity index (χ3v) is 2.12. The summed E-state index contributed by atoms with van der Waals surface area (Å²) < 4.78 is 4.97. The zero-order chi connectivity index (χ0) is 10.8. The molecule has 1 aromatic heterocycles. The molecule has 0 bridgehead atoms. The fourth-order valence-corrected chi connectivity index (χ4v) is 1.23. The number of nitriles is 1. The summed E-state index contributed by atoms with van der Waals surface area (Å²) in [5.41, 5.74) is 5.81. The van der Waals surface area contributed by atoms with E-state index < -0.39 is 0 Å². The van der Waals surface area contributed by atoms with Crippen LogP contribution in [0.1, 0.15) is 18.4 Å². The molecule has 6 nitrogen and oxygen atoms in total. The average molecular weight is 205 g/mol. The molecule has 78 valence electrons. The van der Waals surface area contributed by atoms with Crippen LogP contribution in [-0.4, -0.2) is 23.1 Å².